The summed E-state index contributed by atoms with van der Waals surface area (Å²) in [6.45, 7) is 6.74. The van der Waals surface area contributed by atoms with Crippen molar-refractivity contribution in [2.45, 2.75) is 71.6 Å². The summed E-state index contributed by atoms with van der Waals surface area (Å²) < 4.78 is 8.17. The lowest BCUT2D eigenvalue weighted by Crippen LogP contribution is -2.31. The van der Waals surface area contributed by atoms with Gasteiger partial charge in [0.1, 0.15) is 6.07 Å². The molecule has 180 valence electrons. The van der Waals surface area contributed by atoms with Crippen LogP contribution in [0.5, 0.6) is 0 Å². The average Bonchev–Trinajstić information content (AvgIpc) is 3.41. The van der Waals surface area contributed by atoms with Crippen molar-refractivity contribution in [3.63, 3.8) is 0 Å². The first kappa shape index (κ1) is 23.3. The number of nitrogens with zero attached hydrogens (tertiary/aromatic N) is 3. The van der Waals surface area contributed by atoms with Gasteiger partial charge in [-0.1, -0.05) is 44.2 Å². The molecule has 6 nitrogen and oxygen atoms in total. The van der Waals surface area contributed by atoms with E-state index in [1.54, 1.807) is 0 Å². The molecule has 0 bridgehead atoms. The fraction of sp³-hybridized carbons (Fsp3) is 0.414. The standard InChI is InChI=1S/C29H32N4O2/c1-19-28-25(15-29(2,3)16-26(28)34)33(32-19)22-13-12-21(17-30)24(14-22)31-23-10-7-11-27(23)35-18-20-8-5-4-6-9-20/h4-6,8-9,12-14,23,27,31H,7,10-11,15-16,18H2,1-3H3/t23-,27-/m0/s1. The van der Waals surface area contributed by atoms with Crippen LogP contribution >= 0.6 is 0 Å². The van der Waals surface area contributed by atoms with Gasteiger partial charge in [0.05, 0.1) is 52.6 Å². The topological polar surface area (TPSA) is 79.9 Å². The van der Waals surface area contributed by atoms with Crippen molar-refractivity contribution >= 4 is 11.5 Å². The van der Waals surface area contributed by atoms with Crippen LogP contribution in [0.25, 0.3) is 5.69 Å². The molecule has 35 heavy (non-hydrogen) atoms. The van der Waals surface area contributed by atoms with E-state index in [1.165, 1.54) is 0 Å². The third-order valence-electron chi connectivity index (χ3n) is 7.19. The predicted molar refractivity (Wildman–Crippen MR) is 136 cm³/mol. The van der Waals surface area contributed by atoms with E-state index >= 15 is 0 Å². The summed E-state index contributed by atoms with van der Waals surface area (Å²) in [5, 5.41) is 18.1. The summed E-state index contributed by atoms with van der Waals surface area (Å²) in [5.74, 6) is 0.163. The van der Waals surface area contributed by atoms with E-state index in [0.29, 0.717) is 18.6 Å². The predicted octanol–water partition coefficient (Wildman–Crippen LogP) is 5.76. The van der Waals surface area contributed by atoms with Gasteiger partial charge in [0.2, 0.25) is 0 Å². The number of nitrogens with one attached hydrogen (secondary N) is 1. The van der Waals surface area contributed by atoms with Gasteiger partial charge in [-0.2, -0.15) is 10.4 Å². The van der Waals surface area contributed by atoms with Gasteiger partial charge < -0.3 is 10.1 Å². The van der Waals surface area contributed by atoms with E-state index in [1.807, 2.05) is 48.0 Å². The van der Waals surface area contributed by atoms with Crippen LogP contribution in [0.1, 0.15) is 72.4 Å². The van der Waals surface area contributed by atoms with Gasteiger partial charge in [-0.3, -0.25) is 4.79 Å². The van der Waals surface area contributed by atoms with E-state index < -0.39 is 0 Å². The van der Waals surface area contributed by atoms with Crippen LogP contribution in [0.2, 0.25) is 0 Å². The van der Waals surface area contributed by atoms with E-state index in [4.69, 9.17) is 9.84 Å². The lowest BCUT2D eigenvalue weighted by molar-refractivity contribution is 0.0394. The maximum atomic E-state index is 12.8. The highest BCUT2D eigenvalue weighted by molar-refractivity contribution is 5.99. The van der Waals surface area contributed by atoms with Gasteiger partial charge in [-0.25, -0.2) is 4.68 Å². The van der Waals surface area contributed by atoms with Crippen molar-refractivity contribution in [3.05, 3.63) is 76.6 Å². The first-order valence-corrected chi connectivity index (χ1v) is 12.4. The molecule has 0 saturated heterocycles. The number of rotatable bonds is 6. The second-order valence-electron chi connectivity index (χ2n) is 10.6. The quantitative estimate of drug-likeness (QED) is 0.498. The zero-order valence-electron chi connectivity index (χ0n) is 20.7. The van der Waals surface area contributed by atoms with Crippen LogP contribution in [0.3, 0.4) is 0 Å². The minimum absolute atomic E-state index is 0.0866. The van der Waals surface area contributed by atoms with Crippen LogP contribution in [-0.2, 0) is 17.8 Å². The Bertz CT molecular complexity index is 1290. The van der Waals surface area contributed by atoms with Crippen molar-refractivity contribution in [1.29, 1.82) is 5.26 Å². The van der Waals surface area contributed by atoms with Crippen LogP contribution in [-0.4, -0.2) is 27.7 Å². The number of Topliss-reactive ketones (excluding diaryl/α,β-unsaturated/α-hetero) is 1. The lowest BCUT2D eigenvalue weighted by atomic mass is 9.75. The molecule has 1 heterocycles. The first-order chi connectivity index (χ1) is 16.8. The number of fused-ring (bicyclic) bond motifs is 1. The Kier molecular flexibility index (Phi) is 6.21. The molecule has 0 unspecified atom stereocenters. The largest absolute Gasteiger partial charge is 0.379 e. The first-order valence-electron chi connectivity index (χ1n) is 12.4. The van der Waals surface area contributed by atoms with Crippen molar-refractivity contribution in [3.8, 4) is 11.8 Å². The van der Waals surface area contributed by atoms with Gasteiger partial charge in [0.25, 0.3) is 0 Å². The van der Waals surface area contributed by atoms with E-state index in [-0.39, 0.29) is 23.3 Å². The molecule has 0 aliphatic heterocycles. The summed E-state index contributed by atoms with van der Waals surface area (Å²) in [7, 11) is 0. The number of carbonyl (C=O) groups is 1. The molecule has 6 heteroatoms. The Morgan fingerprint density at radius 2 is 1.97 bits per heavy atom. The van der Waals surface area contributed by atoms with Gasteiger partial charge >= 0.3 is 0 Å². The minimum atomic E-state index is -0.102. The highest BCUT2D eigenvalue weighted by Crippen LogP contribution is 2.37. The minimum Gasteiger partial charge on any atom is -0.379 e. The summed E-state index contributed by atoms with van der Waals surface area (Å²) in [5.41, 5.74) is 5.79. The van der Waals surface area contributed by atoms with Crippen molar-refractivity contribution < 1.29 is 9.53 Å². The summed E-state index contributed by atoms with van der Waals surface area (Å²) >= 11 is 0. The molecule has 2 aromatic carbocycles. The van der Waals surface area contributed by atoms with E-state index in [9.17, 15) is 10.1 Å². The molecule has 2 atom stereocenters. The number of aromatic nitrogens is 2. The monoisotopic (exact) mass is 468 g/mol. The summed E-state index contributed by atoms with van der Waals surface area (Å²) in [6.07, 6.45) is 4.49. The van der Waals surface area contributed by atoms with Crippen LogP contribution in [0, 0.1) is 23.7 Å². The molecule has 0 amide bonds. The van der Waals surface area contributed by atoms with Crippen LogP contribution in [0.4, 0.5) is 5.69 Å². The average molecular weight is 469 g/mol. The number of ether oxygens (including phenoxy) is 1. The fourth-order valence-corrected chi connectivity index (χ4v) is 5.50. The van der Waals surface area contributed by atoms with Gasteiger partial charge in [0, 0.05) is 6.42 Å². The van der Waals surface area contributed by atoms with Crippen LogP contribution < -0.4 is 5.32 Å². The zero-order valence-corrected chi connectivity index (χ0v) is 20.7. The van der Waals surface area contributed by atoms with Crippen molar-refractivity contribution in [1.82, 2.24) is 9.78 Å². The molecular weight excluding hydrogens is 436 g/mol. The molecule has 0 spiro atoms. The fourth-order valence-electron chi connectivity index (χ4n) is 5.50. The highest BCUT2D eigenvalue weighted by atomic mass is 16.5. The Hall–Kier alpha value is -3.43. The molecule has 1 N–H and O–H groups in total. The number of carbonyl (C=O) groups excluding carboxylic acids is 1. The Morgan fingerprint density at radius 3 is 2.74 bits per heavy atom. The summed E-state index contributed by atoms with van der Waals surface area (Å²) in [6, 6.07) is 18.4. The zero-order chi connectivity index (χ0) is 24.6. The van der Waals surface area contributed by atoms with E-state index in [2.05, 4.69) is 37.4 Å². The number of aryl methyl sites for hydroxylation is 1. The molecule has 2 aliphatic rings. The molecule has 5 rings (SSSR count). The second-order valence-corrected chi connectivity index (χ2v) is 10.6. The Balaban J connectivity index is 1.41. The molecule has 3 aromatic rings. The highest BCUT2D eigenvalue weighted by Gasteiger charge is 2.36. The lowest BCUT2D eigenvalue weighted by Gasteiger charge is -2.29. The molecule has 2 aliphatic carbocycles. The van der Waals surface area contributed by atoms with Crippen LogP contribution in [0.15, 0.2) is 48.5 Å². The number of hydrogen-bond acceptors (Lipinski definition) is 5. The molecule has 1 fully saturated rings. The van der Waals surface area contributed by atoms with Gasteiger partial charge in [-0.05, 0) is 61.8 Å². The molecule has 1 saturated carbocycles. The SMILES string of the molecule is Cc1nn(-c2ccc(C#N)c(N[C@H]3CCC[C@@H]3OCc3ccccc3)c2)c2c1C(=O)CC(C)(C)C2. The maximum absolute atomic E-state index is 12.8. The number of ketones is 1. The maximum Gasteiger partial charge on any atom is 0.167 e. The summed E-state index contributed by atoms with van der Waals surface area (Å²) in [4.78, 5) is 12.8. The normalized spacial score (nSPS) is 20.9. The molecule has 0 radical (unpaired) electrons. The number of benzene rings is 2. The van der Waals surface area contributed by atoms with Crippen molar-refractivity contribution in [2.75, 3.05) is 5.32 Å². The van der Waals surface area contributed by atoms with E-state index in [0.717, 1.165) is 59.6 Å². The van der Waals surface area contributed by atoms with Gasteiger partial charge in [-0.15, -0.1) is 0 Å². The van der Waals surface area contributed by atoms with Crippen molar-refractivity contribution in [2.24, 2.45) is 5.41 Å². The molecule has 1 aromatic heterocycles. The second kappa shape index (κ2) is 9.31. The smallest absolute Gasteiger partial charge is 0.167 e. The number of hydrogen-bond donors (Lipinski definition) is 1. The number of anilines is 1. The Labute approximate surface area is 206 Å². The third kappa shape index (κ3) is 4.74. The van der Waals surface area contributed by atoms with Gasteiger partial charge in [0.15, 0.2) is 5.78 Å². The number of nitriles is 1. The molecular formula is C29H32N4O2. The third-order valence-corrected chi connectivity index (χ3v) is 7.19. The Morgan fingerprint density at radius 1 is 1.17 bits per heavy atom.